The highest BCUT2D eigenvalue weighted by Gasteiger charge is 2.25. The van der Waals surface area contributed by atoms with Crippen molar-refractivity contribution in [2.45, 2.75) is 38.6 Å². The molecule has 0 aliphatic carbocycles. The second kappa shape index (κ2) is 6.80. The summed E-state index contributed by atoms with van der Waals surface area (Å²) < 4.78 is 0. The quantitative estimate of drug-likeness (QED) is 0.921. The van der Waals surface area contributed by atoms with Gasteiger partial charge in [0.2, 0.25) is 0 Å². The van der Waals surface area contributed by atoms with Crippen molar-refractivity contribution in [1.29, 1.82) is 0 Å². The maximum Gasteiger partial charge on any atom is 0.115 e. The van der Waals surface area contributed by atoms with Gasteiger partial charge in [0, 0.05) is 12.6 Å². The molecule has 1 unspecified atom stereocenters. The van der Waals surface area contributed by atoms with E-state index in [2.05, 4.69) is 22.8 Å². The van der Waals surface area contributed by atoms with E-state index in [0.717, 1.165) is 5.92 Å². The molecular formula is C18H28N2O. The van der Waals surface area contributed by atoms with Gasteiger partial charge in [0.1, 0.15) is 5.75 Å². The van der Waals surface area contributed by atoms with E-state index in [1.165, 1.54) is 64.0 Å². The number of nitrogens with zero attached hydrogens (tertiary/aromatic N) is 2. The van der Waals surface area contributed by atoms with Gasteiger partial charge in [-0.15, -0.1) is 0 Å². The van der Waals surface area contributed by atoms with Crippen molar-refractivity contribution in [1.82, 2.24) is 9.80 Å². The normalized spacial score (nSPS) is 23.5. The van der Waals surface area contributed by atoms with E-state index in [9.17, 15) is 5.11 Å². The first kappa shape index (κ1) is 14.9. The van der Waals surface area contributed by atoms with Gasteiger partial charge < -0.3 is 10.0 Å². The molecule has 2 heterocycles. The van der Waals surface area contributed by atoms with E-state index in [1.807, 2.05) is 12.1 Å². The van der Waals surface area contributed by atoms with E-state index in [-0.39, 0.29) is 0 Å². The Morgan fingerprint density at radius 2 is 1.86 bits per heavy atom. The molecule has 2 saturated heterocycles. The molecule has 0 radical (unpaired) electrons. The minimum absolute atomic E-state index is 0.378. The molecular weight excluding hydrogens is 260 g/mol. The van der Waals surface area contributed by atoms with E-state index >= 15 is 0 Å². The molecule has 2 fully saturated rings. The summed E-state index contributed by atoms with van der Waals surface area (Å²) in [6, 6.07) is 8.13. The Balaban J connectivity index is 1.50. The second-order valence-electron chi connectivity index (χ2n) is 6.76. The summed E-state index contributed by atoms with van der Waals surface area (Å²) in [5, 5.41) is 9.64. The van der Waals surface area contributed by atoms with Crippen molar-refractivity contribution >= 4 is 0 Å². The van der Waals surface area contributed by atoms with Crippen LogP contribution in [0.4, 0.5) is 0 Å². The van der Waals surface area contributed by atoms with E-state index in [0.29, 0.717) is 11.8 Å². The SMILES string of the molecule is CC(c1cccc(O)c1)N1CCC(CN2CCCC2)CC1. The molecule has 3 heteroatoms. The van der Waals surface area contributed by atoms with Crippen LogP contribution in [0.1, 0.15) is 44.2 Å². The molecule has 1 aromatic rings. The molecule has 0 aromatic heterocycles. The minimum Gasteiger partial charge on any atom is -0.508 e. The van der Waals surface area contributed by atoms with Gasteiger partial charge in [-0.3, -0.25) is 4.90 Å². The summed E-state index contributed by atoms with van der Waals surface area (Å²) in [6.45, 7) is 8.59. The fourth-order valence-corrected chi connectivity index (χ4v) is 3.85. The Morgan fingerprint density at radius 3 is 2.52 bits per heavy atom. The van der Waals surface area contributed by atoms with Crippen molar-refractivity contribution in [2.24, 2.45) is 5.92 Å². The molecule has 3 rings (SSSR count). The van der Waals surface area contributed by atoms with Crippen molar-refractivity contribution in [3.8, 4) is 5.75 Å². The van der Waals surface area contributed by atoms with Crippen molar-refractivity contribution < 1.29 is 5.11 Å². The minimum atomic E-state index is 0.378. The second-order valence-corrected chi connectivity index (χ2v) is 6.76. The summed E-state index contributed by atoms with van der Waals surface area (Å²) >= 11 is 0. The van der Waals surface area contributed by atoms with Crippen molar-refractivity contribution in [3.05, 3.63) is 29.8 Å². The molecule has 2 aliphatic heterocycles. The van der Waals surface area contributed by atoms with Crippen LogP contribution in [0, 0.1) is 5.92 Å². The molecule has 1 N–H and O–H groups in total. The Morgan fingerprint density at radius 1 is 1.14 bits per heavy atom. The van der Waals surface area contributed by atoms with Gasteiger partial charge in [0.25, 0.3) is 0 Å². The van der Waals surface area contributed by atoms with E-state index in [1.54, 1.807) is 6.07 Å². The predicted octanol–water partition coefficient (Wildman–Crippen LogP) is 3.26. The van der Waals surface area contributed by atoms with Crippen LogP contribution in [0.25, 0.3) is 0 Å². The Bertz CT molecular complexity index is 448. The number of likely N-dealkylation sites (tertiary alicyclic amines) is 2. The highest BCUT2D eigenvalue weighted by atomic mass is 16.3. The lowest BCUT2D eigenvalue weighted by Gasteiger charge is -2.37. The van der Waals surface area contributed by atoms with Crippen molar-refractivity contribution in [2.75, 3.05) is 32.7 Å². The number of hydrogen-bond acceptors (Lipinski definition) is 3. The van der Waals surface area contributed by atoms with Gasteiger partial charge in [-0.05, 0) is 82.4 Å². The number of phenolic OH excluding ortho intramolecular Hbond substituents is 1. The van der Waals surface area contributed by atoms with Crippen LogP contribution >= 0.6 is 0 Å². The van der Waals surface area contributed by atoms with Crippen LogP contribution in [0.5, 0.6) is 5.75 Å². The average Bonchev–Trinajstić information content (AvgIpc) is 3.00. The molecule has 0 bridgehead atoms. The van der Waals surface area contributed by atoms with Crippen LogP contribution < -0.4 is 0 Å². The Hall–Kier alpha value is -1.06. The lowest BCUT2D eigenvalue weighted by molar-refractivity contribution is 0.122. The maximum absolute atomic E-state index is 9.64. The van der Waals surface area contributed by atoms with E-state index in [4.69, 9.17) is 0 Å². The smallest absolute Gasteiger partial charge is 0.115 e. The molecule has 116 valence electrons. The summed E-state index contributed by atoms with van der Waals surface area (Å²) in [4.78, 5) is 5.22. The molecule has 3 nitrogen and oxygen atoms in total. The molecule has 1 aromatic carbocycles. The molecule has 0 spiro atoms. The van der Waals surface area contributed by atoms with Crippen LogP contribution in [-0.2, 0) is 0 Å². The molecule has 0 saturated carbocycles. The van der Waals surface area contributed by atoms with Gasteiger partial charge in [0.15, 0.2) is 0 Å². The number of benzene rings is 1. The Kier molecular flexibility index (Phi) is 4.81. The molecule has 2 aliphatic rings. The van der Waals surface area contributed by atoms with Crippen LogP contribution in [0.15, 0.2) is 24.3 Å². The summed E-state index contributed by atoms with van der Waals surface area (Å²) in [5.74, 6) is 1.26. The highest BCUT2D eigenvalue weighted by molar-refractivity contribution is 5.29. The molecule has 21 heavy (non-hydrogen) atoms. The van der Waals surface area contributed by atoms with Gasteiger partial charge in [-0.2, -0.15) is 0 Å². The fraction of sp³-hybridized carbons (Fsp3) is 0.667. The highest BCUT2D eigenvalue weighted by Crippen LogP contribution is 2.28. The average molecular weight is 288 g/mol. The van der Waals surface area contributed by atoms with Crippen LogP contribution in [0.2, 0.25) is 0 Å². The fourth-order valence-electron chi connectivity index (χ4n) is 3.85. The van der Waals surface area contributed by atoms with Crippen molar-refractivity contribution in [3.63, 3.8) is 0 Å². The maximum atomic E-state index is 9.64. The van der Waals surface area contributed by atoms with E-state index < -0.39 is 0 Å². The summed E-state index contributed by atoms with van der Waals surface area (Å²) in [7, 11) is 0. The molecule has 0 amide bonds. The first-order valence-corrected chi connectivity index (χ1v) is 8.48. The number of rotatable bonds is 4. The lowest BCUT2D eigenvalue weighted by Crippen LogP contribution is -2.39. The van der Waals surface area contributed by atoms with Crippen LogP contribution in [-0.4, -0.2) is 47.6 Å². The summed E-state index contributed by atoms with van der Waals surface area (Å²) in [5.41, 5.74) is 1.23. The zero-order valence-corrected chi connectivity index (χ0v) is 13.2. The number of aromatic hydroxyl groups is 1. The van der Waals surface area contributed by atoms with Gasteiger partial charge in [-0.25, -0.2) is 0 Å². The topological polar surface area (TPSA) is 26.7 Å². The zero-order valence-electron chi connectivity index (χ0n) is 13.2. The van der Waals surface area contributed by atoms with Gasteiger partial charge >= 0.3 is 0 Å². The monoisotopic (exact) mass is 288 g/mol. The van der Waals surface area contributed by atoms with Gasteiger partial charge in [-0.1, -0.05) is 12.1 Å². The number of phenols is 1. The largest absolute Gasteiger partial charge is 0.508 e. The zero-order chi connectivity index (χ0) is 14.7. The van der Waals surface area contributed by atoms with Crippen LogP contribution in [0.3, 0.4) is 0 Å². The third kappa shape index (κ3) is 3.78. The van der Waals surface area contributed by atoms with Gasteiger partial charge in [0.05, 0.1) is 0 Å². The third-order valence-electron chi connectivity index (χ3n) is 5.26. The Labute approximate surface area is 128 Å². The first-order valence-electron chi connectivity index (χ1n) is 8.48. The third-order valence-corrected chi connectivity index (χ3v) is 5.26. The summed E-state index contributed by atoms with van der Waals surface area (Å²) in [6.07, 6.45) is 5.43. The standard InChI is InChI=1S/C18H28N2O/c1-15(17-5-4-6-18(21)13-17)20-11-7-16(8-12-20)14-19-9-2-3-10-19/h4-6,13,15-16,21H,2-3,7-12,14H2,1H3. The molecule has 1 atom stereocenters. The first-order chi connectivity index (χ1) is 10.2. The number of hydrogen-bond donors (Lipinski definition) is 1. The predicted molar refractivity (Wildman–Crippen MR) is 86.5 cm³/mol. The lowest BCUT2D eigenvalue weighted by atomic mass is 9.94. The number of piperidine rings is 1.